The molecule has 2 aliphatic rings. The zero-order valence-corrected chi connectivity index (χ0v) is 16.2. The van der Waals surface area contributed by atoms with Gasteiger partial charge in [-0.1, -0.05) is 61.5 Å². The molecule has 0 radical (unpaired) electrons. The average molecular weight is 362 g/mol. The van der Waals surface area contributed by atoms with Crippen LogP contribution in [0.2, 0.25) is 0 Å². The Labute approximate surface area is 163 Å². The minimum atomic E-state index is -0.253. The Kier molecular flexibility index (Phi) is 5.07. The van der Waals surface area contributed by atoms with Crippen molar-refractivity contribution in [1.82, 2.24) is 4.90 Å². The molecule has 142 valence electrons. The maximum atomic E-state index is 6.48. The number of piperidine rings is 1. The largest absolute Gasteiger partial charge is 0.402 e. The molecule has 1 aliphatic carbocycles. The number of nitrogens with two attached hydrogens (primary N) is 2. The number of allylic oxidation sites excluding steroid dienone is 1. The van der Waals surface area contributed by atoms with E-state index >= 15 is 0 Å². The molecule has 1 heterocycles. The van der Waals surface area contributed by atoms with Crippen molar-refractivity contribution < 1.29 is 0 Å². The number of hydrogen-bond acceptors (Lipinski definition) is 3. The van der Waals surface area contributed by atoms with Crippen molar-refractivity contribution in [2.75, 3.05) is 19.6 Å². The lowest BCUT2D eigenvalue weighted by molar-refractivity contribution is 0.208. The predicted molar refractivity (Wildman–Crippen MR) is 113 cm³/mol. The van der Waals surface area contributed by atoms with Crippen molar-refractivity contribution in [2.45, 2.75) is 43.6 Å². The minimum absolute atomic E-state index is 0.253. The SMILES string of the molecule is C=C(N)C1(CCCCN2CCC(N)CC2)c2ccccc2-c2ccccc21. The summed E-state index contributed by atoms with van der Waals surface area (Å²) >= 11 is 0. The quantitative estimate of drug-likeness (QED) is 0.764. The van der Waals surface area contributed by atoms with Gasteiger partial charge in [-0.3, -0.25) is 0 Å². The van der Waals surface area contributed by atoms with E-state index in [0.29, 0.717) is 6.04 Å². The molecule has 2 aromatic rings. The van der Waals surface area contributed by atoms with Gasteiger partial charge in [0, 0.05) is 11.7 Å². The summed E-state index contributed by atoms with van der Waals surface area (Å²) in [5.74, 6) is 0. The van der Waals surface area contributed by atoms with Crippen LogP contribution in [0.15, 0.2) is 60.8 Å². The summed E-state index contributed by atoms with van der Waals surface area (Å²) in [5.41, 5.74) is 18.3. The van der Waals surface area contributed by atoms with Crippen molar-refractivity contribution >= 4 is 0 Å². The van der Waals surface area contributed by atoms with Gasteiger partial charge in [-0.2, -0.15) is 0 Å². The lowest BCUT2D eigenvalue weighted by Gasteiger charge is -2.33. The number of fused-ring (bicyclic) bond motifs is 3. The molecule has 0 atom stereocenters. The molecule has 1 aliphatic heterocycles. The Bertz CT molecular complexity index is 772. The highest BCUT2D eigenvalue weighted by Crippen LogP contribution is 2.53. The fourth-order valence-corrected chi connectivity index (χ4v) is 5.00. The van der Waals surface area contributed by atoms with Gasteiger partial charge in [0.25, 0.3) is 0 Å². The third-order valence-electron chi connectivity index (χ3n) is 6.52. The van der Waals surface area contributed by atoms with Crippen LogP contribution < -0.4 is 11.5 Å². The summed E-state index contributed by atoms with van der Waals surface area (Å²) in [6.07, 6.45) is 5.61. The second-order valence-electron chi connectivity index (χ2n) is 8.16. The topological polar surface area (TPSA) is 55.3 Å². The molecule has 0 spiro atoms. The summed E-state index contributed by atoms with van der Waals surface area (Å²) < 4.78 is 0. The number of benzene rings is 2. The zero-order chi connectivity index (χ0) is 18.9. The van der Waals surface area contributed by atoms with E-state index < -0.39 is 0 Å². The molecular formula is C24H31N3. The summed E-state index contributed by atoms with van der Waals surface area (Å²) in [5, 5.41) is 0. The summed E-state index contributed by atoms with van der Waals surface area (Å²) in [6.45, 7) is 7.67. The summed E-state index contributed by atoms with van der Waals surface area (Å²) in [7, 11) is 0. The third-order valence-corrected chi connectivity index (χ3v) is 6.52. The summed E-state index contributed by atoms with van der Waals surface area (Å²) in [6, 6.07) is 17.8. The Morgan fingerprint density at radius 2 is 1.52 bits per heavy atom. The molecule has 3 heteroatoms. The van der Waals surface area contributed by atoms with E-state index in [1.165, 1.54) is 28.7 Å². The third kappa shape index (κ3) is 3.19. The van der Waals surface area contributed by atoms with Crippen molar-refractivity contribution in [3.8, 4) is 11.1 Å². The van der Waals surface area contributed by atoms with Crippen LogP contribution in [-0.4, -0.2) is 30.6 Å². The van der Waals surface area contributed by atoms with Gasteiger partial charge >= 0.3 is 0 Å². The molecule has 0 unspecified atom stereocenters. The highest BCUT2D eigenvalue weighted by atomic mass is 15.1. The van der Waals surface area contributed by atoms with Gasteiger partial charge in [-0.05, 0) is 67.6 Å². The van der Waals surface area contributed by atoms with Gasteiger partial charge in [-0.15, -0.1) is 0 Å². The molecule has 1 fully saturated rings. The standard InChI is InChI=1S/C24H31N3/c1-18(25)24(14-6-7-15-27-16-12-19(26)13-17-27)22-10-4-2-8-20(22)21-9-3-5-11-23(21)24/h2-5,8-11,19H,1,6-7,12-17,25-26H2. The highest BCUT2D eigenvalue weighted by Gasteiger charge is 2.43. The Morgan fingerprint density at radius 3 is 2.07 bits per heavy atom. The highest BCUT2D eigenvalue weighted by molar-refractivity contribution is 5.82. The first-order chi connectivity index (χ1) is 13.1. The van der Waals surface area contributed by atoms with E-state index in [9.17, 15) is 0 Å². The molecule has 4 rings (SSSR count). The van der Waals surface area contributed by atoms with E-state index in [2.05, 4.69) is 60.0 Å². The molecule has 0 aromatic heterocycles. The van der Waals surface area contributed by atoms with E-state index in [1.54, 1.807) is 0 Å². The molecule has 0 saturated carbocycles. The van der Waals surface area contributed by atoms with Gasteiger partial charge in [0.2, 0.25) is 0 Å². The van der Waals surface area contributed by atoms with Crippen LogP contribution in [0, 0.1) is 0 Å². The lowest BCUT2D eigenvalue weighted by atomic mass is 9.72. The average Bonchev–Trinajstić information content (AvgIpc) is 2.98. The van der Waals surface area contributed by atoms with Gasteiger partial charge in [0.15, 0.2) is 0 Å². The van der Waals surface area contributed by atoms with Crippen LogP contribution in [0.25, 0.3) is 11.1 Å². The van der Waals surface area contributed by atoms with Crippen LogP contribution in [0.5, 0.6) is 0 Å². The fourth-order valence-electron chi connectivity index (χ4n) is 5.00. The second kappa shape index (κ2) is 7.49. The molecule has 27 heavy (non-hydrogen) atoms. The number of likely N-dealkylation sites (tertiary alicyclic amines) is 1. The minimum Gasteiger partial charge on any atom is -0.402 e. The van der Waals surface area contributed by atoms with Crippen LogP contribution >= 0.6 is 0 Å². The first-order valence-electron chi connectivity index (χ1n) is 10.2. The molecule has 1 saturated heterocycles. The second-order valence-corrected chi connectivity index (χ2v) is 8.16. The monoisotopic (exact) mass is 361 g/mol. The van der Waals surface area contributed by atoms with Crippen molar-refractivity contribution in [3.63, 3.8) is 0 Å². The molecule has 0 amide bonds. The molecular weight excluding hydrogens is 330 g/mol. The number of nitrogens with zero attached hydrogens (tertiary/aromatic N) is 1. The first-order valence-corrected chi connectivity index (χ1v) is 10.2. The van der Waals surface area contributed by atoms with Gasteiger partial charge in [-0.25, -0.2) is 0 Å². The molecule has 2 aromatic carbocycles. The van der Waals surface area contributed by atoms with Crippen LogP contribution in [0.1, 0.15) is 43.2 Å². The number of hydrogen-bond donors (Lipinski definition) is 2. The number of rotatable bonds is 6. The smallest absolute Gasteiger partial charge is 0.0602 e. The molecule has 3 nitrogen and oxygen atoms in total. The van der Waals surface area contributed by atoms with E-state index in [1.807, 2.05) is 0 Å². The van der Waals surface area contributed by atoms with Gasteiger partial charge < -0.3 is 16.4 Å². The van der Waals surface area contributed by atoms with Crippen LogP contribution in [0.4, 0.5) is 0 Å². The molecule has 0 bridgehead atoms. The Balaban J connectivity index is 1.53. The molecule has 4 N–H and O–H groups in total. The normalized spacial score (nSPS) is 18.9. The predicted octanol–water partition coefficient (Wildman–Crippen LogP) is 4.02. The Morgan fingerprint density at radius 1 is 0.963 bits per heavy atom. The van der Waals surface area contributed by atoms with E-state index in [0.717, 1.165) is 51.0 Å². The van der Waals surface area contributed by atoms with Crippen LogP contribution in [-0.2, 0) is 5.41 Å². The maximum Gasteiger partial charge on any atom is 0.0602 e. The zero-order valence-electron chi connectivity index (χ0n) is 16.2. The number of unbranched alkanes of at least 4 members (excludes halogenated alkanes) is 1. The van der Waals surface area contributed by atoms with Crippen molar-refractivity contribution in [2.24, 2.45) is 11.5 Å². The van der Waals surface area contributed by atoms with Gasteiger partial charge in [0.05, 0.1) is 5.41 Å². The first kappa shape index (κ1) is 18.3. The van der Waals surface area contributed by atoms with Crippen molar-refractivity contribution in [1.29, 1.82) is 0 Å². The summed E-state index contributed by atoms with van der Waals surface area (Å²) in [4.78, 5) is 2.56. The fraction of sp³-hybridized carbons (Fsp3) is 0.417. The van der Waals surface area contributed by atoms with E-state index in [4.69, 9.17) is 11.5 Å². The van der Waals surface area contributed by atoms with Crippen LogP contribution in [0.3, 0.4) is 0 Å². The van der Waals surface area contributed by atoms with Crippen molar-refractivity contribution in [3.05, 3.63) is 71.9 Å². The maximum absolute atomic E-state index is 6.48. The van der Waals surface area contributed by atoms with E-state index in [-0.39, 0.29) is 5.41 Å². The lowest BCUT2D eigenvalue weighted by Crippen LogP contribution is -2.40. The van der Waals surface area contributed by atoms with Gasteiger partial charge in [0.1, 0.15) is 0 Å². The Hall–Kier alpha value is -2.10.